The summed E-state index contributed by atoms with van der Waals surface area (Å²) in [4.78, 5) is 0. The van der Waals surface area contributed by atoms with Crippen LogP contribution in [0.4, 0.5) is 8.78 Å². The predicted octanol–water partition coefficient (Wildman–Crippen LogP) is 3.89. The highest BCUT2D eigenvalue weighted by Gasteiger charge is 2.16. The highest BCUT2D eigenvalue weighted by molar-refractivity contribution is 7.99. The van der Waals surface area contributed by atoms with Gasteiger partial charge in [-0.2, -0.15) is 11.8 Å². The summed E-state index contributed by atoms with van der Waals surface area (Å²) >= 11 is 1.82. The molecule has 1 saturated carbocycles. The van der Waals surface area contributed by atoms with Crippen molar-refractivity contribution in [2.24, 2.45) is 11.7 Å². The van der Waals surface area contributed by atoms with Gasteiger partial charge in [-0.15, -0.1) is 0 Å². The highest BCUT2D eigenvalue weighted by atomic mass is 32.2. The molecular formula is C14H19F2NS. The molecule has 1 fully saturated rings. The maximum absolute atomic E-state index is 13.1. The molecule has 0 radical (unpaired) electrons. The summed E-state index contributed by atoms with van der Waals surface area (Å²) in [5, 5.41) is 0. The minimum absolute atomic E-state index is 0.216. The maximum Gasteiger partial charge on any atom is 0.159 e. The van der Waals surface area contributed by atoms with Crippen LogP contribution in [0.3, 0.4) is 0 Å². The predicted molar refractivity (Wildman–Crippen MR) is 72.6 cm³/mol. The Morgan fingerprint density at radius 3 is 2.61 bits per heavy atom. The Labute approximate surface area is 111 Å². The standard InChI is InChI=1S/C14H19F2NS/c15-12-6-5-11(7-13(12)16)14(17)9-18-8-10-3-1-2-4-10/h5-7,10,14H,1-4,8-9,17H2. The van der Waals surface area contributed by atoms with Crippen LogP contribution in [0.5, 0.6) is 0 Å². The van der Waals surface area contributed by atoms with Gasteiger partial charge in [0.1, 0.15) is 0 Å². The number of halogens is 2. The summed E-state index contributed by atoms with van der Waals surface area (Å²) in [7, 11) is 0. The van der Waals surface area contributed by atoms with Crippen LogP contribution in [0.25, 0.3) is 0 Å². The molecule has 2 N–H and O–H groups in total. The van der Waals surface area contributed by atoms with Gasteiger partial charge in [0.05, 0.1) is 0 Å². The Kier molecular flexibility index (Phi) is 5.01. The number of rotatable bonds is 5. The van der Waals surface area contributed by atoms with E-state index in [-0.39, 0.29) is 6.04 Å². The van der Waals surface area contributed by atoms with E-state index < -0.39 is 11.6 Å². The zero-order valence-electron chi connectivity index (χ0n) is 10.4. The third-order valence-electron chi connectivity index (χ3n) is 3.50. The molecule has 1 nitrogen and oxygen atoms in total. The van der Waals surface area contributed by atoms with Gasteiger partial charge in [-0.05, 0) is 42.2 Å². The number of hydrogen-bond acceptors (Lipinski definition) is 2. The topological polar surface area (TPSA) is 26.0 Å². The Morgan fingerprint density at radius 2 is 1.94 bits per heavy atom. The molecule has 0 bridgehead atoms. The van der Waals surface area contributed by atoms with Gasteiger partial charge in [-0.3, -0.25) is 0 Å². The van der Waals surface area contributed by atoms with Crippen molar-refractivity contribution in [1.82, 2.24) is 0 Å². The minimum Gasteiger partial charge on any atom is -0.323 e. The van der Waals surface area contributed by atoms with E-state index in [9.17, 15) is 8.78 Å². The average molecular weight is 271 g/mol. The molecule has 0 amide bonds. The third-order valence-corrected chi connectivity index (χ3v) is 4.80. The summed E-state index contributed by atoms with van der Waals surface area (Å²) < 4.78 is 25.9. The monoisotopic (exact) mass is 271 g/mol. The number of hydrogen-bond donors (Lipinski definition) is 1. The van der Waals surface area contributed by atoms with Crippen molar-refractivity contribution >= 4 is 11.8 Å². The first-order valence-electron chi connectivity index (χ1n) is 6.45. The fraction of sp³-hybridized carbons (Fsp3) is 0.571. The van der Waals surface area contributed by atoms with E-state index in [1.807, 2.05) is 11.8 Å². The SMILES string of the molecule is NC(CSCC1CCCC1)c1ccc(F)c(F)c1. The van der Waals surface area contributed by atoms with Crippen molar-refractivity contribution in [2.45, 2.75) is 31.7 Å². The van der Waals surface area contributed by atoms with Crippen LogP contribution in [0, 0.1) is 17.6 Å². The molecule has 2 rings (SSSR count). The minimum atomic E-state index is -0.816. The molecule has 4 heteroatoms. The third kappa shape index (κ3) is 3.69. The Hall–Kier alpha value is -0.610. The lowest BCUT2D eigenvalue weighted by Gasteiger charge is -2.14. The molecule has 100 valence electrons. The van der Waals surface area contributed by atoms with Crippen LogP contribution in [0.1, 0.15) is 37.3 Å². The van der Waals surface area contributed by atoms with Gasteiger partial charge in [0.2, 0.25) is 0 Å². The van der Waals surface area contributed by atoms with Crippen molar-refractivity contribution < 1.29 is 8.78 Å². The summed E-state index contributed by atoms with van der Waals surface area (Å²) in [5.41, 5.74) is 6.66. The van der Waals surface area contributed by atoms with E-state index in [2.05, 4.69) is 0 Å². The lowest BCUT2D eigenvalue weighted by atomic mass is 10.1. The Bertz CT molecular complexity index is 391. The quantitative estimate of drug-likeness (QED) is 0.879. The molecule has 0 saturated heterocycles. The van der Waals surface area contributed by atoms with E-state index in [1.165, 1.54) is 31.7 Å². The first-order valence-corrected chi connectivity index (χ1v) is 7.60. The van der Waals surface area contributed by atoms with Gasteiger partial charge in [0.15, 0.2) is 11.6 Å². The molecule has 0 aromatic heterocycles. The zero-order chi connectivity index (χ0) is 13.0. The maximum atomic E-state index is 13.1. The van der Waals surface area contributed by atoms with Crippen molar-refractivity contribution in [3.8, 4) is 0 Å². The van der Waals surface area contributed by atoms with Gasteiger partial charge in [0.25, 0.3) is 0 Å². The van der Waals surface area contributed by atoms with Gasteiger partial charge in [-0.1, -0.05) is 18.9 Å². The largest absolute Gasteiger partial charge is 0.323 e. The van der Waals surface area contributed by atoms with Crippen LogP contribution in [-0.2, 0) is 0 Å². The molecule has 1 atom stereocenters. The highest BCUT2D eigenvalue weighted by Crippen LogP contribution is 2.29. The summed E-state index contributed by atoms with van der Waals surface area (Å²) in [6, 6.07) is 3.70. The summed E-state index contributed by atoms with van der Waals surface area (Å²) in [5.74, 6) is 1.10. The van der Waals surface area contributed by atoms with Crippen molar-refractivity contribution in [3.05, 3.63) is 35.4 Å². The van der Waals surface area contributed by atoms with E-state index in [4.69, 9.17) is 5.73 Å². The van der Waals surface area contributed by atoms with Crippen LogP contribution < -0.4 is 5.73 Å². The lowest BCUT2D eigenvalue weighted by molar-refractivity contribution is 0.506. The Balaban J connectivity index is 1.79. The lowest BCUT2D eigenvalue weighted by Crippen LogP contribution is -2.14. The summed E-state index contributed by atoms with van der Waals surface area (Å²) in [6.07, 6.45) is 5.35. The number of thioether (sulfide) groups is 1. The number of benzene rings is 1. The molecule has 1 aliphatic rings. The second kappa shape index (κ2) is 6.53. The van der Waals surface area contributed by atoms with Crippen molar-refractivity contribution in [2.75, 3.05) is 11.5 Å². The second-order valence-electron chi connectivity index (χ2n) is 4.97. The van der Waals surface area contributed by atoms with Crippen LogP contribution in [0.15, 0.2) is 18.2 Å². The molecule has 0 spiro atoms. The Morgan fingerprint density at radius 1 is 1.22 bits per heavy atom. The van der Waals surface area contributed by atoms with Crippen LogP contribution in [0.2, 0.25) is 0 Å². The molecule has 1 aromatic carbocycles. The van der Waals surface area contributed by atoms with E-state index >= 15 is 0 Å². The molecule has 0 aliphatic heterocycles. The molecule has 1 unspecified atom stereocenters. The first kappa shape index (κ1) is 13.8. The molecule has 18 heavy (non-hydrogen) atoms. The van der Waals surface area contributed by atoms with E-state index in [0.29, 0.717) is 5.56 Å². The fourth-order valence-electron chi connectivity index (χ4n) is 2.38. The van der Waals surface area contributed by atoms with Crippen molar-refractivity contribution in [1.29, 1.82) is 0 Å². The van der Waals surface area contributed by atoms with E-state index in [0.717, 1.165) is 23.5 Å². The first-order chi connectivity index (χ1) is 8.66. The molecule has 0 heterocycles. The van der Waals surface area contributed by atoms with Gasteiger partial charge in [-0.25, -0.2) is 8.78 Å². The smallest absolute Gasteiger partial charge is 0.159 e. The molecule has 1 aromatic rings. The second-order valence-corrected chi connectivity index (χ2v) is 6.04. The van der Waals surface area contributed by atoms with Crippen LogP contribution >= 0.6 is 11.8 Å². The number of nitrogens with two attached hydrogens (primary N) is 1. The van der Waals surface area contributed by atoms with Crippen LogP contribution in [-0.4, -0.2) is 11.5 Å². The average Bonchev–Trinajstić information content (AvgIpc) is 2.85. The summed E-state index contributed by atoms with van der Waals surface area (Å²) in [6.45, 7) is 0. The zero-order valence-corrected chi connectivity index (χ0v) is 11.2. The van der Waals surface area contributed by atoms with Crippen molar-refractivity contribution in [3.63, 3.8) is 0 Å². The van der Waals surface area contributed by atoms with Gasteiger partial charge < -0.3 is 5.73 Å². The fourth-order valence-corrected chi connectivity index (χ4v) is 3.63. The normalized spacial score (nSPS) is 18.2. The van der Waals surface area contributed by atoms with Gasteiger partial charge in [0, 0.05) is 11.8 Å². The van der Waals surface area contributed by atoms with E-state index in [1.54, 1.807) is 6.07 Å². The van der Waals surface area contributed by atoms with Gasteiger partial charge >= 0.3 is 0 Å². The molecule has 1 aliphatic carbocycles. The molecular weight excluding hydrogens is 252 g/mol.